The van der Waals surface area contributed by atoms with Crippen LogP contribution in [0.4, 0.5) is 4.39 Å². The predicted octanol–water partition coefficient (Wildman–Crippen LogP) is 5.52. The number of amides is 1. The fraction of sp³-hybridized carbons (Fsp3) is 0.692. The van der Waals surface area contributed by atoms with Gasteiger partial charge in [0.15, 0.2) is 0 Å². The molecule has 0 aromatic heterocycles. The van der Waals surface area contributed by atoms with Crippen molar-refractivity contribution in [3.8, 4) is 5.75 Å². The maximum Gasteiger partial charge on any atom is 0.305 e. The largest absolute Gasteiger partial charge is 0.493 e. The van der Waals surface area contributed by atoms with E-state index in [4.69, 9.17) is 9.84 Å². The number of carboxylic acids is 1. The topological polar surface area (TPSA) is 66.8 Å². The van der Waals surface area contributed by atoms with Crippen LogP contribution < -0.4 is 4.74 Å². The molecule has 1 heterocycles. The van der Waals surface area contributed by atoms with Gasteiger partial charge in [0.05, 0.1) is 18.6 Å². The molecule has 3 aliphatic carbocycles. The summed E-state index contributed by atoms with van der Waals surface area (Å²) in [6, 6.07) is 2.72. The summed E-state index contributed by atoms with van der Waals surface area (Å²) in [4.78, 5) is 25.8. The first kappa shape index (κ1) is 21.7. The van der Waals surface area contributed by atoms with Crippen molar-refractivity contribution in [1.82, 2.24) is 4.90 Å². The molecule has 5 rings (SSSR count). The first-order valence-corrected chi connectivity index (χ1v) is 12.3. The number of halogens is 1. The lowest BCUT2D eigenvalue weighted by atomic mass is 9.71. The number of benzene rings is 1. The average Bonchev–Trinajstić information content (AvgIpc) is 3.68. The Labute approximate surface area is 189 Å². The lowest BCUT2D eigenvalue weighted by Crippen LogP contribution is -2.37. The highest BCUT2D eigenvalue weighted by Gasteiger charge is 2.48. The van der Waals surface area contributed by atoms with Gasteiger partial charge in [0.25, 0.3) is 5.91 Å². The smallest absolute Gasteiger partial charge is 0.305 e. The van der Waals surface area contributed by atoms with Gasteiger partial charge in [-0.2, -0.15) is 0 Å². The number of nitrogens with zero attached hydrogens (tertiary/aromatic N) is 1. The fourth-order valence-electron chi connectivity index (χ4n) is 5.70. The van der Waals surface area contributed by atoms with E-state index in [1.807, 2.05) is 0 Å². The maximum absolute atomic E-state index is 15.1. The van der Waals surface area contributed by atoms with Crippen molar-refractivity contribution >= 4 is 11.9 Å². The summed E-state index contributed by atoms with van der Waals surface area (Å²) in [5.74, 6) is -0.992. The zero-order valence-electron chi connectivity index (χ0n) is 19.0. The molecule has 1 spiro atoms. The molecule has 4 aliphatic rings. The molecule has 1 atom stereocenters. The second-order valence-corrected chi connectivity index (χ2v) is 11.1. The summed E-state index contributed by atoms with van der Waals surface area (Å²) in [5, 5.41) is 9.15. The lowest BCUT2D eigenvalue weighted by Gasteiger charge is -2.37. The van der Waals surface area contributed by atoms with Crippen molar-refractivity contribution < 1.29 is 23.8 Å². The summed E-state index contributed by atoms with van der Waals surface area (Å²) < 4.78 is 21.4. The maximum atomic E-state index is 15.1. The fourth-order valence-corrected chi connectivity index (χ4v) is 5.70. The number of hydrogen-bond acceptors (Lipinski definition) is 3. The molecular weight excluding hydrogens is 409 g/mol. The van der Waals surface area contributed by atoms with Gasteiger partial charge >= 0.3 is 5.97 Å². The quantitative estimate of drug-likeness (QED) is 0.602. The highest BCUT2D eigenvalue weighted by Crippen LogP contribution is 2.59. The van der Waals surface area contributed by atoms with Crippen LogP contribution in [-0.4, -0.2) is 41.1 Å². The SMILES string of the molecule is CC1(COc2cc(F)c(C(=O)N3CCC[C@H]3CC(=O)O)cc2C2CC2)CCC2(CC1)CC2. The minimum atomic E-state index is -0.929. The molecule has 0 unspecified atom stereocenters. The summed E-state index contributed by atoms with van der Waals surface area (Å²) in [5.41, 5.74) is 1.73. The van der Waals surface area contributed by atoms with Crippen molar-refractivity contribution in [2.24, 2.45) is 10.8 Å². The van der Waals surface area contributed by atoms with Crippen molar-refractivity contribution in [3.63, 3.8) is 0 Å². The zero-order valence-corrected chi connectivity index (χ0v) is 19.0. The molecule has 174 valence electrons. The molecule has 4 fully saturated rings. The summed E-state index contributed by atoms with van der Waals surface area (Å²) in [7, 11) is 0. The van der Waals surface area contributed by atoms with Gasteiger partial charge < -0.3 is 14.7 Å². The second-order valence-electron chi connectivity index (χ2n) is 11.1. The summed E-state index contributed by atoms with van der Waals surface area (Å²) >= 11 is 0. The highest BCUT2D eigenvalue weighted by molar-refractivity contribution is 5.95. The average molecular weight is 444 g/mol. The number of aliphatic carboxylic acids is 1. The van der Waals surface area contributed by atoms with Gasteiger partial charge in [0, 0.05) is 24.1 Å². The zero-order chi connectivity index (χ0) is 22.5. The molecule has 3 saturated carbocycles. The van der Waals surface area contributed by atoms with Gasteiger partial charge in [-0.15, -0.1) is 0 Å². The third kappa shape index (κ3) is 4.38. The van der Waals surface area contributed by atoms with Crippen LogP contribution >= 0.6 is 0 Å². The van der Waals surface area contributed by atoms with E-state index in [0.29, 0.717) is 36.7 Å². The molecule has 6 heteroatoms. The third-order valence-electron chi connectivity index (χ3n) is 8.45. The van der Waals surface area contributed by atoms with Crippen molar-refractivity contribution in [3.05, 3.63) is 29.1 Å². The normalized spacial score (nSPS) is 25.7. The molecule has 1 aromatic carbocycles. The van der Waals surface area contributed by atoms with Gasteiger partial charge in [-0.05, 0) is 87.2 Å². The lowest BCUT2D eigenvalue weighted by molar-refractivity contribution is -0.137. The first-order valence-electron chi connectivity index (χ1n) is 12.3. The van der Waals surface area contributed by atoms with E-state index in [1.54, 1.807) is 11.0 Å². The van der Waals surface area contributed by atoms with Crippen molar-refractivity contribution in [2.45, 2.75) is 89.5 Å². The number of carbonyl (C=O) groups is 2. The van der Waals surface area contributed by atoms with Gasteiger partial charge in [-0.25, -0.2) is 4.39 Å². The standard InChI is InChI=1S/C26H34FNO4/c1-25(6-8-26(9-7-25)10-11-26)16-32-22-15-21(27)20(14-19(22)17-4-5-17)24(31)28-12-2-3-18(28)13-23(29)30/h14-15,17-18H,2-13,16H2,1H3,(H,29,30)/t18-/m0/s1. The molecular formula is C26H34FNO4. The van der Waals surface area contributed by atoms with Crippen LogP contribution in [0.3, 0.4) is 0 Å². The van der Waals surface area contributed by atoms with Crippen LogP contribution in [0.15, 0.2) is 12.1 Å². The molecule has 1 amide bonds. The Balaban J connectivity index is 1.32. The molecule has 0 bridgehead atoms. The number of carbonyl (C=O) groups excluding carboxylic acids is 1. The predicted molar refractivity (Wildman–Crippen MR) is 118 cm³/mol. The van der Waals surface area contributed by atoms with Crippen LogP contribution in [0.2, 0.25) is 0 Å². The molecule has 1 aliphatic heterocycles. The van der Waals surface area contributed by atoms with Crippen LogP contribution in [0.1, 0.15) is 99.4 Å². The van der Waals surface area contributed by atoms with Crippen LogP contribution in [0, 0.1) is 16.6 Å². The van der Waals surface area contributed by atoms with Gasteiger partial charge in [0.2, 0.25) is 0 Å². The number of rotatable bonds is 7. The van der Waals surface area contributed by atoms with E-state index in [2.05, 4.69) is 6.92 Å². The Morgan fingerprint density at radius 3 is 2.44 bits per heavy atom. The monoisotopic (exact) mass is 443 g/mol. The molecule has 0 radical (unpaired) electrons. The van der Waals surface area contributed by atoms with Crippen LogP contribution in [0.5, 0.6) is 5.75 Å². The van der Waals surface area contributed by atoms with Crippen LogP contribution in [-0.2, 0) is 4.79 Å². The van der Waals surface area contributed by atoms with E-state index >= 15 is 4.39 Å². The minimum absolute atomic E-state index is 0.0519. The summed E-state index contributed by atoms with van der Waals surface area (Å²) in [6.45, 7) is 3.35. The Bertz CT molecular complexity index is 911. The third-order valence-corrected chi connectivity index (χ3v) is 8.45. The molecule has 1 N–H and O–H groups in total. The van der Waals surface area contributed by atoms with E-state index in [1.165, 1.54) is 31.7 Å². The number of ether oxygens (including phenoxy) is 1. The Morgan fingerprint density at radius 1 is 1.12 bits per heavy atom. The minimum Gasteiger partial charge on any atom is -0.493 e. The second kappa shape index (κ2) is 8.03. The van der Waals surface area contributed by atoms with Gasteiger partial charge in [-0.3, -0.25) is 9.59 Å². The molecule has 1 aromatic rings. The van der Waals surface area contributed by atoms with E-state index in [9.17, 15) is 9.59 Å². The highest BCUT2D eigenvalue weighted by atomic mass is 19.1. The van der Waals surface area contributed by atoms with Crippen LogP contribution in [0.25, 0.3) is 0 Å². The first-order chi connectivity index (χ1) is 15.3. The summed E-state index contributed by atoms with van der Waals surface area (Å²) in [6.07, 6.45) is 11.0. The van der Waals surface area contributed by atoms with E-state index in [0.717, 1.165) is 37.7 Å². The van der Waals surface area contributed by atoms with Gasteiger partial charge in [-0.1, -0.05) is 6.92 Å². The molecule has 32 heavy (non-hydrogen) atoms. The number of carboxylic acid groups (broad SMARTS) is 1. The Morgan fingerprint density at radius 2 is 1.81 bits per heavy atom. The Kier molecular flexibility index (Phi) is 5.45. The van der Waals surface area contributed by atoms with Gasteiger partial charge in [0.1, 0.15) is 11.6 Å². The van der Waals surface area contributed by atoms with E-state index < -0.39 is 17.7 Å². The van der Waals surface area contributed by atoms with E-state index in [-0.39, 0.29) is 23.4 Å². The number of hydrogen-bond donors (Lipinski definition) is 1. The Hall–Kier alpha value is -2.11. The molecule has 5 nitrogen and oxygen atoms in total. The number of likely N-dealkylation sites (tertiary alicyclic amines) is 1. The molecule has 1 saturated heterocycles. The van der Waals surface area contributed by atoms with Crippen molar-refractivity contribution in [1.29, 1.82) is 0 Å². The van der Waals surface area contributed by atoms with Crippen molar-refractivity contribution in [2.75, 3.05) is 13.2 Å².